The summed E-state index contributed by atoms with van der Waals surface area (Å²) in [6, 6.07) is 5.44. The molecule has 0 saturated carbocycles. The summed E-state index contributed by atoms with van der Waals surface area (Å²) >= 11 is 6.13. The highest BCUT2D eigenvalue weighted by Gasteiger charge is 2.24. The monoisotopic (exact) mass is 435 g/mol. The molecule has 0 bridgehead atoms. The first kappa shape index (κ1) is 23.9. The summed E-state index contributed by atoms with van der Waals surface area (Å²) in [5.74, 6) is 0.240. The molecule has 30 heavy (non-hydrogen) atoms. The third kappa shape index (κ3) is 6.08. The smallest absolute Gasteiger partial charge is 0.345 e. The molecule has 0 unspecified atom stereocenters. The molecule has 1 atom stereocenters. The maximum absolute atomic E-state index is 12.7. The molecular weight excluding hydrogens is 406 g/mol. The van der Waals surface area contributed by atoms with Gasteiger partial charge in [0, 0.05) is 29.8 Å². The third-order valence-corrected chi connectivity index (χ3v) is 4.88. The van der Waals surface area contributed by atoms with E-state index in [1.807, 2.05) is 27.7 Å². The second-order valence-corrected chi connectivity index (χ2v) is 7.57. The van der Waals surface area contributed by atoms with Crippen molar-refractivity contribution in [3.05, 3.63) is 45.6 Å². The van der Waals surface area contributed by atoms with Crippen LogP contribution >= 0.6 is 11.6 Å². The maximum Gasteiger partial charge on any atom is 0.345 e. The summed E-state index contributed by atoms with van der Waals surface area (Å²) in [5, 5.41) is 16.2. The quantitative estimate of drug-likeness (QED) is 0.383. The fourth-order valence-corrected chi connectivity index (χ4v) is 3.49. The van der Waals surface area contributed by atoms with Gasteiger partial charge < -0.3 is 25.2 Å². The van der Waals surface area contributed by atoms with E-state index in [2.05, 4.69) is 15.6 Å². The molecule has 0 aliphatic rings. The van der Waals surface area contributed by atoms with Crippen LogP contribution in [0.15, 0.2) is 18.2 Å². The van der Waals surface area contributed by atoms with E-state index in [4.69, 9.17) is 26.2 Å². The van der Waals surface area contributed by atoms with Crippen LogP contribution in [0.4, 0.5) is 5.69 Å². The molecular formula is C22H30ClN3O4. The zero-order valence-electron chi connectivity index (χ0n) is 18.1. The number of aliphatic hydroxyl groups excluding tert-OH is 1. The van der Waals surface area contributed by atoms with Crippen LogP contribution in [0.2, 0.25) is 5.02 Å². The van der Waals surface area contributed by atoms with Gasteiger partial charge in [0.15, 0.2) is 0 Å². The normalized spacial score (nSPS) is 11.8. The number of aliphatic hydroxyl groups is 1. The number of pyridine rings is 1. The van der Waals surface area contributed by atoms with Crippen molar-refractivity contribution >= 4 is 23.3 Å². The van der Waals surface area contributed by atoms with Crippen LogP contribution in [-0.2, 0) is 4.74 Å². The van der Waals surface area contributed by atoms with Gasteiger partial charge in [0.05, 0.1) is 19.4 Å². The lowest BCUT2D eigenvalue weighted by Crippen LogP contribution is -2.34. The minimum atomic E-state index is -0.539. The van der Waals surface area contributed by atoms with E-state index >= 15 is 0 Å². The number of halogens is 1. The minimum absolute atomic E-state index is 0.0358. The molecule has 0 radical (unpaired) electrons. The van der Waals surface area contributed by atoms with Crippen LogP contribution in [0.5, 0.6) is 11.6 Å². The predicted octanol–water partition coefficient (Wildman–Crippen LogP) is 4.01. The molecule has 2 aromatic rings. The van der Waals surface area contributed by atoms with Gasteiger partial charge in [-0.05, 0) is 56.5 Å². The molecule has 0 amide bonds. The number of hydrogen-bond donors (Lipinski definition) is 3. The molecule has 1 aromatic heterocycles. The lowest BCUT2D eigenvalue weighted by molar-refractivity contribution is 0.0598. The molecule has 2 rings (SSSR count). The van der Waals surface area contributed by atoms with Crippen molar-refractivity contribution < 1.29 is 19.4 Å². The van der Waals surface area contributed by atoms with E-state index in [1.165, 1.54) is 7.11 Å². The Kier molecular flexibility index (Phi) is 8.89. The Morgan fingerprint density at radius 3 is 2.47 bits per heavy atom. The van der Waals surface area contributed by atoms with Crippen LogP contribution in [0, 0.1) is 20.8 Å². The van der Waals surface area contributed by atoms with Gasteiger partial charge in [-0.15, -0.1) is 0 Å². The number of anilines is 1. The standard InChI is InChI=1S/C22H30ClN3O4/c1-6-17(12-24-7-8-27)26-18-11-15(4)25-21(19(18)22(28)29-5)30-20-13(2)9-16(23)10-14(20)3/h9-11,17,24,27H,6-8,12H2,1-5H3,(H,25,26)/t17-/m0/s1. The van der Waals surface area contributed by atoms with Gasteiger partial charge in [0.25, 0.3) is 0 Å². The highest BCUT2D eigenvalue weighted by atomic mass is 35.5. The van der Waals surface area contributed by atoms with Gasteiger partial charge >= 0.3 is 5.97 Å². The number of benzene rings is 1. The Hall–Kier alpha value is -2.35. The Morgan fingerprint density at radius 1 is 1.23 bits per heavy atom. The second-order valence-electron chi connectivity index (χ2n) is 7.13. The van der Waals surface area contributed by atoms with Gasteiger partial charge in [-0.1, -0.05) is 18.5 Å². The number of aryl methyl sites for hydroxylation is 3. The van der Waals surface area contributed by atoms with Crippen molar-refractivity contribution in [3.8, 4) is 11.6 Å². The summed E-state index contributed by atoms with van der Waals surface area (Å²) in [6.07, 6.45) is 0.812. The Labute approximate surface area is 182 Å². The molecule has 7 nitrogen and oxygen atoms in total. The average Bonchev–Trinajstić information content (AvgIpc) is 2.69. The van der Waals surface area contributed by atoms with E-state index < -0.39 is 5.97 Å². The molecule has 1 heterocycles. The fraction of sp³-hybridized carbons (Fsp3) is 0.455. The largest absolute Gasteiger partial charge is 0.465 e. The number of aromatic nitrogens is 1. The molecule has 164 valence electrons. The fourth-order valence-electron chi connectivity index (χ4n) is 3.16. The first-order chi connectivity index (χ1) is 14.3. The van der Waals surface area contributed by atoms with E-state index in [9.17, 15) is 4.79 Å². The third-order valence-electron chi connectivity index (χ3n) is 4.66. The van der Waals surface area contributed by atoms with Gasteiger partial charge in [-0.2, -0.15) is 0 Å². The van der Waals surface area contributed by atoms with Crippen LogP contribution in [0.1, 0.15) is 40.5 Å². The van der Waals surface area contributed by atoms with Crippen molar-refractivity contribution in [1.82, 2.24) is 10.3 Å². The van der Waals surface area contributed by atoms with E-state index in [1.54, 1.807) is 18.2 Å². The average molecular weight is 436 g/mol. The van der Waals surface area contributed by atoms with Crippen LogP contribution in [0.3, 0.4) is 0 Å². The Morgan fingerprint density at radius 2 is 1.90 bits per heavy atom. The number of methoxy groups -OCH3 is 1. The van der Waals surface area contributed by atoms with Crippen LogP contribution in [0.25, 0.3) is 0 Å². The molecule has 0 saturated heterocycles. The SMILES string of the molecule is CC[C@@H](CNCCO)Nc1cc(C)nc(Oc2c(C)cc(Cl)cc2C)c1C(=O)OC. The minimum Gasteiger partial charge on any atom is -0.465 e. The predicted molar refractivity (Wildman–Crippen MR) is 119 cm³/mol. The molecule has 0 aliphatic heterocycles. The first-order valence-electron chi connectivity index (χ1n) is 9.93. The van der Waals surface area contributed by atoms with Crippen LogP contribution < -0.4 is 15.4 Å². The number of nitrogens with zero attached hydrogens (tertiary/aromatic N) is 1. The number of carbonyl (C=O) groups is 1. The number of hydrogen-bond acceptors (Lipinski definition) is 7. The molecule has 0 spiro atoms. The molecule has 1 aromatic carbocycles. The number of carbonyl (C=O) groups excluding carboxylic acids is 1. The van der Waals surface area contributed by atoms with Crippen molar-refractivity contribution in [2.24, 2.45) is 0 Å². The summed E-state index contributed by atoms with van der Waals surface area (Å²) in [5.41, 5.74) is 3.20. The number of rotatable bonds is 10. The highest BCUT2D eigenvalue weighted by molar-refractivity contribution is 6.30. The number of nitrogens with one attached hydrogen (secondary N) is 2. The van der Waals surface area contributed by atoms with Gasteiger partial charge in [-0.3, -0.25) is 0 Å². The Bertz CT molecular complexity index is 866. The van der Waals surface area contributed by atoms with Crippen molar-refractivity contribution in [3.63, 3.8) is 0 Å². The van der Waals surface area contributed by atoms with Crippen molar-refractivity contribution in [2.75, 3.05) is 32.1 Å². The number of ether oxygens (including phenoxy) is 2. The molecule has 0 aliphatic carbocycles. The van der Waals surface area contributed by atoms with Crippen molar-refractivity contribution in [1.29, 1.82) is 0 Å². The zero-order valence-corrected chi connectivity index (χ0v) is 18.9. The summed E-state index contributed by atoms with van der Waals surface area (Å²) in [4.78, 5) is 17.1. The van der Waals surface area contributed by atoms with Crippen LogP contribution in [-0.4, -0.2) is 48.9 Å². The molecule has 3 N–H and O–H groups in total. The van der Waals surface area contributed by atoms with E-state index in [0.717, 1.165) is 17.5 Å². The second kappa shape index (κ2) is 11.2. The summed E-state index contributed by atoms with van der Waals surface area (Å²) in [7, 11) is 1.33. The molecule has 8 heteroatoms. The summed E-state index contributed by atoms with van der Waals surface area (Å²) < 4.78 is 11.1. The topological polar surface area (TPSA) is 92.7 Å². The highest BCUT2D eigenvalue weighted by Crippen LogP contribution is 2.35. The maximum atomic E-state index is 12.7. The lowest BCUT2D eigenvalue weighted by atomic mass is 10.1. The zero-order chi connectivity index (χ0) is 22.3. The molecule has 0 fully saturated rings. The number of esters is 1. The summed E-state index contributed by atoms with van der Waals surface area (Å²) in [6.45, 7) is 8.86. The van der Waals surface area contributed by atoms with Gasteiger partial charge in [-0.25, -0.2) is 9.78 Å². The van der Waals surface area contributed by atoms with Gasteiger partial charge in [0.1, 0.15) is 11.3 Å². The first-order valence-corrected chi connectivity index (χ1v) is 10.3. The Balaban J connectivity index is 2.47. The van der Waals surface area contributed by atoms with Crippen molar-refractivity contribution in [2.45, 2.75) is 40.2 Å². The van der Waals surface area contributed by atoms with E-state index in [-0.39, 0.29) is 24.1 Å². The van der Waals surface area contributed by atoms with Gasteiger partial charge in [0.2, 0.25) is 5.88 Å². The van der Waals surface area contributed by atoms with E-state index in [0.29, 0.717) is 35.2 Å². The lowest BCUT2D eigenvalue weighted by Gasteiger charge is -2.22.